The van der Waals surface area contributed by atoms with Crippen LogP contribution in [0.5, 0.6) is 0 Å². The zero-order valence-corrected chi connectivity index (χ0v) is 4.80. The van der Waals surface area contributed by atoms with Crippen LogP contribution in [0.15, 0.2) is 4.99 Å². The Morgan fingerprint density at radius 1 is 1.62 bits per heavy atom. The molecule has 0 amide bonds. The highest BCUT2D eigenvalue weighted by atomic mass is 15.2. The summed E-state index contributed by atoms with van der Waals surface area (Å²) in [4.78, 5) is 6.27. The van der Waals surface area contributed by atoms with Gasteiger partial charge in [0.05, 0.1) is 12.6 Å². The predicted octanol–water partition coefficient (Wildman–Crippen LogP) is 0.370. The fourth-order valence-corrected chi connectivity index (χ4v) is 1.39. The van der Waals surface area contributed by atoms with E-state index in [9.17, 15) is 0 Å². The normalized spacial score (nSPS) is 34.0. The number of nitrogens with zero attached hydrogens (tertiary/aromatic N) is 2. The predicted molar refractivity (Wildman–Crippen MR) is 32.0 cm³/mol. The zero-order valence-electron chi connectivity index (χ0n) is 4.80. The van der Waals surface area contributed by atoms with Crippen LogP contribution in [0.25, 0.3) is 0 Å². The zero-order chi connectivity index (χ0) is 5.40. The van der Waals surface area contributed by atoms with Crippen molar-refractivity contribution in [1.82, 2.24) is 4.90 Å². The van der Waals surface area contributed by atoms with Crippen molar-refractivity contribution in [3.05, 3.63) is 0 Å². The molecule has 2 heteroatoms. The van der Waals surface area contributed by atoms with Gasteiger partial charge in [-0.25, -0.2) is 0 Å². The van der Waals surface area contributed by atoms with Crippen molar-refractivity contribution in [2.75, 3.05) is 13.1 Å². The molecule has 2 nitrogen and oxygen atoms in total. The van der Waals surface area contributed by atoms with Gasteiger partial charge in [-0.3, -0.25) is 4.99 Å². The lowest BCUT2D eigenvalue weighted by Crippen LogP contribution is -2.23. The van der Waals surface area contributed by atoms with Crippen molar-refractivity contribution in [2.45, 2.75) is 18.9 Å². The molecule has 2 aliphatic rings. The van der Waals surface area contributed by atoms with Gasteiger partial charge in [-0.05, 0) is 12.8 Å². The second-order valence-corrected chi connectivity index (χ2v) is 2.43. The maximum absolute atomic E-state index is 4.04. The molecule has 1 fully saturated rings. The fourth-order valence-electron chi connectivity index (χ4n) is 1.39. The maximum atomic E-state index is 4.04. The molecule has 0 N–H and O–H groups in total. The quantitative estimate of drug-likeness (QED) is 0.439. The Hall–Kier alpha value is -0.530. The van der Waals surface area contributed by atoms with Crippen molar-refractivity contribution in [3.8, 4) is 0 Å². The van der Waals surface area contributed by atoms with Crippen LogP contribution >= 0.6 is 0 Å². The van der Waals surface area contributed by atoms with Crippen LogP contribution in [0.2, 0.25) is 0 Å². The highest BCUT2D eigenvalue weighted by Crippen LogP contribution is 2.18. The Kier molecular flexibility index (Phi) is 0.802. The number of hydrogen-bond acceptors (Lipinski definition) is 2. The van der Waals surface area contributed by atoms with Crippen LogP contribution in [-0.4, -0.2) is 30.4 Å². The number of hydrogen-bond donors (Lipinski definition) is 0. The lowest BCUT2D eigenvalue weighted by Gasteiger charge is -2.10. The summed E-state index contributed by atoms with van der Waals surface area (Å²) in [7, 11) is 0. The third kappa shape index (κ3) is 0.457. The molecular weight excluding hydrogens is 100 g/mol. The average Bonchev–Trinajstić information content (AvgIpc) is 2.15. The molecule has 43 valence electrons. The van der Waals surface area contributed by atoms with Crippen molar-refractivity contribution in [1.29, 1.82) is 0 Å². The van der Waals surface area contributed by atoms with Crippen LogP contribution < -0.4 is 0 Å². The van der Waals surface area contributed by atoms with Crippen molar-refractivity contribution < 1.29 is 0 Å². The van der Waals surface area contributed by atoms with E-state index in [0.717, 1.165) is 12.6 Å². The highest BCUT2D eigenvalue weighted by Gasteiger charge is 2.25. The summed E-state index contributed by atoms with van der Waals surface area (Å²) in [6.07, 6.45) is 5.65. The first kappa shape index (κ1) is 4.36. The summed E-state index contributed by atoms with van der Waals surface area (Å²) in [5.74, 6) is 0. The van der Waals surface area contributed by atoms with Crippen molar-refractivity contribution in [2.24, 2.45) is 4.99 Å². The van der Waals surface area contributed by atoms with Crippen LogP contribution in [-0.2, 0) is 0 Å². The Labute approximate surface area is 49.2 Å². The topological polar surface area (TPSA) is 15.6 Å². The Morgan fingerprint density at radius 2 is 2.62 bits per heavy atom. The molecule has 8 heavy (non-hydrogen) atoms. The first-order chi connectivity index (χ1) is 3.97. The lowest BCUT2D eigenvalue weighted by atomic mass is 10.2. The van der Waals surface area contributed by atoms with Gasteiger partial charge in [-0.1, -0.05) is 0 Å². The molecule has 1 unspecified atom stereocenters. The standard InChI is InChI=1S/C6H9N2/c1-2-6-4-7-5-8(6)3-1/h6H,1-4H2. The number of rotatable bonds is 0. The Bertz CT molecular complexity index is 120. The van der Waals surface area contributed by atoms with Crippen molar-refractivity contribution >= 4 is 6.34 Å². The van der Waals surface area contributed by atoms with Gasteiger partial charge in [0.25, 0.3) is 0 Å². The van der Waals surface area contributed by atoms with E-state index < -0.39 is 0 Å². The molecule has 0 aliphatic carbocycles. The van der Waals surface area contributed by atoms with E-state index >= 15 is 0 Å². The van der Waals surface area contributed by atoms with Gasteiger partial charge >= 0.3 is 0 Å². The third-order valence-corrected chi connectivity index (χ3v) is 1.88. The van der Waals surface area contributed by atoms with Gasteiger partial charge in [0.15, 0.2) is 6.34 Å². The lowest BCUT2D eigenvalue weighted by molar-refractivity contribution is 0.439. The molecule has 1 saturated heterocycles. The van der Waals surface area contributed by atoms with E-state index in [0.29, 0.717) is 0 Å². The molecule has 0 aromatic rings. The SMILES string of the molecule is [C]1=NCC2CCCN12. The first-order valence-electron chi connectivity index (χ1n) is 3.15. The summed E-state index contributed by atoms with van der Waals surface area (Å²) < 4.78 is 0. The molecule has 0 aromatic heterocycles. The van der Waals surface area contributed by atoms with Gasteiger partial charge in [0.2, 0.25) is 0 Å². The highest BCUT2D eigenvalue weighted by molar-refractivity contribution is 5.58. The minimum absolute atomic E-state index is 0.731. The van der Waals surface area contributed by atoms with E-state index in [-0.39, 0.29) is 0 Å². The van der Waals surface area contributed by atoms with Gasteiger partial charge in [-0.2, -0.15) is 0 Å². The van der Waals surface area contributed by atoms with Gasteiger partial charge < -0.3 is 4.90 Å². The Morgan fingerprint density at radius 3 is 3.50 bits per heavy atom. The smallest absolute Gasteiger partial charge is 0.167 e. The monoisotopic (exact) mass is 109 g/mol. The summed E-state index contributed by atoms with van der Waals surface area (Å²) in [5.41, 5.74) is 0. The maximum Gasteiger partial charge on any atom is 0.167 e. The second-order valence-electron chi connectivity index (χ2n) is 2.43. The number of aliphatic imine (C=N–C) groups is 1. The molecule has 2 heterocycles. The van der Waals surface area contributed by atoms with E-state index in [2.05, 4.69) is 16.2 Å². The van der Waals surface area contributed by atoms with Crippen LogP contribution in [0.3, 0.4) is 0 Å². The molecular formula is C6H9N2. The van der Waals surface area contributed by atoms with Crippen LogP contribution in [0, 0.1) is 0 Å². The van der Waals surface area contributed by atoms with E-state index in [4.69, 9.17) is 0 Å². The minimum Gasteiger partial charge on any atom is -0.349 e. The van der Waals surface area contributed by atoms with Crippen molar-refractivity contribution in [3.63, 3.8) is 0 Å². The molecule has 0 saturated carbocycles. The van der Waals surface area contributed by atoms with Crippen LogP contribution in [0.1, 0.15) is 12.8 Å². The summed E-state index contributed by atoms with van der Waals surface area (Å²) in [5, 5.41) is 0. The molecule has 0 bridgehead atoms. The molecule has 0 spiro atoms. The molecule has 2 aliphatic heterocycles. The van der Waals surface area contributed by atoms with Gasteiger partial charge in [0.1, 0.15) is 0 Å². The summed E-state index contributed by atoms with van der Waals surface area (Å²) in [6.45, 7) is 2.19. The largest absolute Gasteiger partial charge is 0.349 e. The van der Waals surface area contributed by atoms with E-state index in [1.165, 1.54) is 19.4 Å². The van der Waals surface area contributed by atoms with Gasteiger partial charge in [-0.15, -0.1) is 0 Å². The third-order valence-electron chi connectivity index (χ3n) is 1.88. The molecule has 0 aromatic carbocycles. The molecule has 1 atom stereocenters. The average molecular weight is 109 g/mol. The van der Waals surface area contributed by atoms with E-state index in [1.54, 1.807) is 0 Å². The second kappa shape index (κ2) is 1.47. The fraction of sp³-hybridized carbons (Fsp3) is 0.833. The van der Waals surface area contributed by atoms with E-state index in [1.807, 2.05) is 0 Å². The summed E-state index contributed by atoms with van der Waals surface area (Å²) in [6, 6.07) is 0.731. The Balaban J connectivity index is 2.13. The van der Waals surface area contributed by atoms with Crippen LogP contribution in [0.4, 0.5) is 0 Å². The van der Waals surface area contributed by atoms with Gasteiger partial charge in [0, 0.05) is 6.54 Å². The molecule has 1 radical (unpaired) electrons. The number of fused-ring (bicyclic) bond motifs is 1. The first-order valence-corrected chi connectivity index (χ1v) is 3.15. The molecule has 2 rings (SSSR count). The minimum atomic E-state index is 0.731. The summed E-state index contributed by atoms with van der Waals surface area (Å²) >= 11 is 0.